The van der Waals surface area contributed by atoms with Crippen LogP contribution in [0.1, 0.15) is 30.6 Å². The Kier molecular flexibility index (Phi) is 7.48. The van der Waals surface area contributed by atoms with E-state index >= 15 is 0 Å². The second kappa shape index (κ2) is 8.86. The van der Waals surface area contributed by atoms with Crippen molar-refractivity contribution in [2.45, 2.75) is 26.3 Å². The number of amides is 1. The molecule has 2 rings (SSSR count). The largest absolute Gasteiger partial charge is 0.493 e. The first-order valence-corrected chi connectivity index (χ1v) is 7.48. The molecule has 0 radical (unpaired) electrons. The van der Waals surface area contributed by atoms with Gasteiger partial charge in [-0.15, -0.1) is 12.4 Å². The zero-order valence-electron chi connectivity index (χ0n) is 13.3. The van der Waals surface area contributed by atoms with Crippen molar-refractivity contribution in [1.82, 2.24) is 10.6 Å². The Morgan fingerprint density at radius 1 is 1.41 bits per heavy atom. The van der Waals surface area contributed by atoms with Crippen molar-refractivity contribution in [2.24, 2.45) is 5.92 Å². The first-order valence-electron chi connectivity index (χ1n) is 7.48. The van der Waals surface area contributed by atoms with Gasteiger partial charge in [-0.1, -0.05) is 6.92 Å². The monoisotopic (exact) mass is 328 g/mol. The van der Waals surface area contributed by atoms with Crippen molar-refractivity contribution in [1.29, 1.82) is 0 Å². The molecule has 1 aromatic carbocycles. The molecule has 6 heteroatoms. The average molecular weight is 329 g/mol. The van der Waals surface area contributed by atoms with Crippen molar-refractivity contribution < 1.29 is 14.3 Å². The molecular formula is C16H25ClN2O3. The van der Waals surface area contributed by atoms with Crippen LogP contribution in [0.3, 0.4) is 0 Å². The number of carbonyl (C=O) groups is 1. The minimum atomic E-state index is -0.0601. The molecule has 2 unspecified atom stereocenters. The van der Waals surface area contributed by atoms with Gasteiger partial charge in [0.25, 0.3) is 5.91 Å². The molecule has 2 N–H and O–H groups in total. The van der Waals surface area contributed by atoms with Crippen LogP contribution in [-0.4, -0.2) is 38.8 Å². The van der Waals surface area contributed by atoms with Gasteiger partial charge in [-0.2, -0.15) is 0 Å². The van der Waals surface area contributed by atoms with Crippen LogP contribution in [0.4, 0.5) is 0 Å². The minimum absolute atomic E-state index is 0. The Morgan fingerprint density at radius 2 is 2.18 bits per heavy atom. The van der Waals surface area contributed by atoms with E-state index in [2.05, 4.69) is 17.6 Å². The first kappa shape index (κ1) is 18.6. The summed E-state index contributed by atoms with van der Waals surface area (Å²) >= 11 is 0. The molecule has 22 heavy (non-hydrogen) atoms. The van der Waals surface area contributed by atoms with Gasteiger partial charge in [-0.3, -0.25) is 4.79 Å². The molecule has 0 spiro atoms. The van der Waals surface area contributed by atoms with Crippen LogP contribution in [0.25, 0.3) is 0 Å². The van der Waals surface area contributed by atoms with E-state index in [0.29, 0.717) is 29.6 Å². The van der Waals surface area contributed by atoms with Gasteiger partial charge in [0.15, 0.2) is 11.5 Å². The number of carbonyl (C=O) groups excluding carboxylic acids is 1. The Labute approximate surface area is 138 Å². The molecule has 124 valence electrons. The maximum absolute atomic E-state index is 12.4. The minimum Gasteiger partial charge on any atom is -0.493 e. The quantitative estimate of drug-likeness (QED) is 0.870. The van der Waals surface area contributed by atoms with E-state index in [0.717, 1.165) is 19.5 Å². The summed E-state index contributed by atoms with van der Waals surface area (Å²) in [6.07, 6.45) is 0.959. The van der Waals surface area contributed by atoms with Crippen LogP contribution in [-0.2, 0) is 0 Å². The number of nitrogens with one attached hydrogen (secondary N) is 2. The van der Waals surface area contributed by atoms with Gasteiger partial charge >= 0.3 is 0 Å². The van der Waals surface area contributed by atoms with Gasteiger partial charge in [0.2, 0.25) is 0 Å². The fourth-order valence-electron chi connectivity index (χ4n) is 2.56. The second-order valence-corrected chi connectivity index (χ2v) is 5.35. The Bertz CT molecular complexity index is 496. The third kappa shape index (κ3) is 4.52. The molecule has 1 amide bonds. The summed E-state index contributed by atoms with van der Waals surface area (Å²) in [4.78, 5) is 12.4. The van der Waals surface area contributed by atoms with Gasteiger partial charge < -0.3 is 20.1 Å². The van der Waals surface area contributed by atoms with Gasteiger partial charge in [0.05, 0.1) is 13.7 Å². The van der Waals surface area contributed by atoms with Crippen LogP contribution in [0, 0.1) is 5.92 Å². The molecule has 1 heterocycles. The van der Waals surface area contributed by atoms with E-state index in [9.17, 15) is 4.79 Å². The molecule has 2 atom stereocenters. The zero-order valence-corrected chi connectivity index (χ0v) is 14.2. The molecular weight excluding hydrogens is 304 g/mol. The number of hydrogen-bond donors (Lipinski definition) is 2. The Hall–Kier alpha value is -1.46. The lowest BCUT2D eigenvalue weighted by Gasteiger charge is -2.30. The van der Waals surface area contributed by atoms with E-state index < -0.39 is 0 Å². The number of rotatable bonds is 5. The summed E-state index contributed by atoms with van der Waals surface area (Å²) in [5.41, 5.74) is 0.598. The Balaban J connectivity index is 0.00000242. The predicted octanol–water partition coefficient (Wildman–Crippen LogP) is 2.24. The van der Waals surface area contributed by atoms with Gasteiger partial charge in [-0.05, 0) is 50.6 Å². The van der Waals surface area contributed by atoms with Crippen molar-refractivity contribution in [3.8, 4) is 11.5 Å². The number of benzene rings is 1. The zero-order chi connectivity index (χ0) is 15.2. The molecule has 0 aromatic heterocycles. The maximum Gasteiger partial charge on any atom is 0.251 e. The number of hydrogen-bond acceptors (Lipinski definition) is 4. The van der Waals surface area contributed by atoms with Crippen molar-refractivity contribution in [2.75, 3.05) is 26.8 Å². The lowest BCUT2D eigenvalue weighted by molar-refractivity contribution is 0.0914. The van der Waals surface area contributed by atoms with Crippen LogP contribution >= 0.6 is 12.4 Å². The third-order valence-corrected chi connectivity index (χ3v) is 3.83. The smallest absolute Gasteiger partial charge is 0.251 e. The van der Waals surface area contributed by atoms with Crippen LogP contribution in [0.15, 0.2) is 18.2 Å². The molecule has 1 fully saturated rings. The summed E-state index contributed by atoms with van der Waals surface area (Å²) in [6.45, 7) is 6.52. The SMILES string of the molecule is CCOc1ccc(C(=O)NC2CCNCC2C)cc1OC.Cl. The highest BCUT2D eigenvalue weighted by molar-refractivity contribution is 5.95. The summed E-state index contributed by atoms with van der Waals surface area (Å²) in [6, 6.07) is 5.50. The molecule has 1 aliphatic rings. The molecule has 0 aliphatic carbocycles. The highest BCUT2D eigenvalue weighted by atomic mass is 35.5. The fraction of sp³-hybridized carbons (Fsp3) is 0.562. The average Bonchev–Trinajstić information content (AvgIpc) is 2.50. The molecule has 0 bridgehead atoms. The van der Waals surface area contributed by atoms with Gasteiger partial charge in [0.1, 0.15) is 0 Å². The van der Waals surface area contributed by atoms with Crippen molar-refractivity contribution in [3.63, 3.8) is 0 Å². The first-order chi connectivity index (χ1) is 10.2. The highest BCUT2D eigenvalue weighted by Crippen LogP contribution is 2.28. The fourth-order valence-corrected chi connectivity index (χ4v) is 2.56. The predicted molar refractivity (Wildman–Crippen MR) is 89.3 cm³/mol. The van der Waals surface area contributed by atoms with E-state index in [1.807, 2.05) is 6.92 Å². The molecule has 5 nitrogen and oxygen atoms in total. The van der Waals surface area contributed by atoms with E-state index in [4.69, 9.17) is 9.47 Å². The maximum atomic E-state index is 12.4. The molecule has 0 saturated carbocycles. The summed E-state index contributed by atoms with van der Waals surface area (Å²) in [5.74, 6) is 1.62. The molecule has 1 aliphatic heterocycles. The van der Waals surface area contributed by atoms with E-state index in [-0.39, 0.29) is 24.4 Å². The van der Waals surface area contributed by atoms with E-state index in [1.165, 1.54) is 0 Å². The highest BCUT2D eigenvalue weighted by Gasteiger charge is 2.23. The lowest BCUT2D eigenvalue weighted by atomic mass is 9.95. The van der Waals surface area contributed by atoms with Crippen molar-refractivity contribution >= 4 is 18.3 Å². The number of piperidine rings is 1. The van der Waals surface area contributed by atoms with Crippen LogP contribution in [0.2, 0.25) is 0 Å². The van der Waals surface area contributed by atoms with Crippen LogP contribution in [0.5, 0.6) is 11.5 Å². The molecule has 1 saturated heterocycles. The standard InChI is InChI=1S/C16H24N2O3.ClH/c1-4-21-14-6-5-12(9-15(14)20-3)16(19)18-13-7-8-17-10-11(13)2;/h5-6,9,11,13,17H,4,7-8,10H2,1-3H3,(H,18,19);1H. The second-order valence-electron chi connectivity index (χ2n) is 5.35. The van der Waals surface area contributed by atoms with Crippen molar-refractivity contribution in [3.05, 3.63) is 23.8 Å². The number of ether oxygens (including phenoxy) is 2. The third-order valence-electron chi connectivity index (χ3n) is 3.83. The summed E-state index contributed by atoms with van der Waals surface area (Å²) < 4.78 is 10.7. The van der Waals surface area contributed by atoms with Crippen LogP contribution < -0.4 is 20.1 Å². The number of halogens is 1. The summed E-state index contributed by atoms with van der Waals surface area (Å²) in [5, 5.41) is 6.44. The van der Waals surface area contributed by atoms with E-state index in [1.54, 1.807) is 25.3 Å². The topological polar surface area (TPSA) is 59.6 Å². The van der Waals surface area contributed by atoms with Gasteiger partial charge in [-0.25, -0.2) is 0 Å². The summed E-state index contributed by atoms with van der Waals surface area (Å²) in [7, 11) is 1.58. The molecule has 1 aromatic rings. The Morgan fingerprint density at radius 3 is 2.82 bits per heavy atom. The number of methoxy groups -OCH3 is 1. The lowest BCUT2D eigenvalue weighted by Crippen LogP contribution is -2.48. The van der Waals surface area contributed by atoms with Gasteiger partial charge in [0, 0.05) is 11.6 Å². The normalized spacial score (nSPS) is 20.7.